The maximum atomic E-state index is 5.41. The molecular weight excluding hydrogens is 487 g/mol. The van der Waals surface area contributed by atoms with Gasteiger partial charge in [0.25, 0.3) is 0 Å². The average molecular weight is 522 g/mol. The van der Waals surface area contributed by atoms with Crippen molar-refractivity contribution in [1.82, 2.24) is 15.5 Å². The van der Waals surface area contributed by atoms with Gasteiger partial charge in [-0.3, -0.25) is 4.90 Å². The van der Waals surface area contributed by atoms with Gasteiger partial charge in [-0.2, -0.15) is 0 Å². The van der Waals surface area contributed by atoms with E-state index in [0.29, 0.717) is 12.6 Å². The summed E-state index contributed by atoms with van der Waals surface area (Å²) in [4.78, 5) is 7.24. The van der Waals surface area contributed by atoms with E-state index in [1.807, 2.05) is 19.1 Å². The summed E-state index contributed by atoms with van der Waals surface area (Å²) in [7, 11) is 0. The SMILES string of the molecule is C=C(C)CN=C(NCCc1ccco1)NC1CCN(Cc2ccccc2C)CC1.I. The van der Waals surface area contributed by atoms with Gasteiger partial charge in [0.15, 0.2) is 5.96 Å². The summed E-state index contributed by atoms with van der Waals surface area (Å²) in [5, 5.41) is 7.07. The van der Waals surface area contributed by atoms with E-state index < -0.39 is 0 Å². The highest BCUT2D eigenvalue weighted by Gasteiger charge is 2.20. The molecule has 2 N–H and O–H groups in total. The fourth-order valence-corrected chi connectivity index (χ4v) is 3.58. The minimum atomic E-state index is 0. The van der Waals surface area contributed by atoms with Crippen LogP contribution in [0.1, 0.15) is 36.7 Å². The van der Waals surface area contributed by atoms with Gasteiger partial charge in [-0.25, -0.2) is 4.99 Å². The van der Waals surface area contributed by atoms with Crippen LogP contribution in [0.3, 0.4) is 0 Å². The topological polar surface area (TPSA) is 52.8 Å². The average Bonchev–Trinajstić information content (AvgIpc) is 3.22. The lowest BCUT2D eigenvalue weighted by atomic mass is 10.0. The fourth-order valence-electron chi connectivity index (χ4n) is 3.58. The third-order valence-corrected chi connectivity index (χ3v) is 5.33. The second-order valence-corrected chi connectivity index (χ2v) is 8.00. The molecule has 2 heterocycles. The lowest BCUT2D eigenvalue weighted by Crippen LogP contribution is -2.49. The van der Waals surface area contributed by atoms with E-state index >= 15 is 0 Å². The van der Waals surface area contributed by atoms with Gasteiger partial charge in [0.1, 0.15) is 5.76 Å². The Bertz CT molecular complexity index is 795. The highest BCUT2D eigenvalue weighted by Crippen LogP contribution is 2.16. The molecule has 1 aliphatic heterocycles. The number of aryl methyl sites for hydroxylation is 1. The van der Waals surface area contributed by atoms with Gasteiger partial charge in [0, 0.05) is 38.6 Å². The first kappa shape index (κ1) is 24.5. The Labute approximate surface area is 198 Å². The molecule has 0 saturated carbocycles. The number of guanidine groups is 1. The minimum Gasteiger partial charge on any atom is -0.469 e. The van der Waals surface area contributed by atoms with Crippen LogP contribution in [-0.2, 0) is 13.0 Å². The van der Waals surface area contributed by atoms with Crippen molar-refractivity contribution in [3.63, 3.8) is 0 Å². The second-order valence-electron chi connectivity index (χ2n) is 8.00. The molecule has 0 unspecified atom stereocenters. The van der Waals surface area contributed by atoms with Crippen LogP contribution in [0.4, 0.5) is 0 Å². The van der Waals surface area contributed by atoms with E-state index in [2.05, 4.69) is 58.3 Å². The number of likely N-dealkylation sites (tertiary alicyclic amines) is 1. The van der Waals surface area contributed by atoms with Gasteiger partial charge >= 0.3 is 0 Å². The molecule has 164 valence electrons. The zero-order valence-electron chi connectivity index (χ0n) is 18.2. The predicted molar refractivity (Wildman–Crippen MR) is 136 cm³/mol. The van der Waals surface area contributed by atoms with Crippen molar-refractivity contribution in [1.29, 1.82) is 0 Å². The first-order valence-electron chi connectivity index (χ1n) is 10.6. The molecule has 2 aromatic rings. The minimum absolute atomic E-state index is 0. The van der Waals surface area contributed by atoms with E-state index in [0.717, 1.165) is 62.7 Å². The quantitative estimate of drug-likeness (QED) is 0.232. The van der Waals surface area contributed by atoms with Crippen LogP contribution in [0.25, 0.3) is 0 Å². The molecule has 0 spiro atoms. The summed E-state index contributed by atoms with van der Waals surface area (Å²) in [5.74, 6) is 1.86. The second kappa shape index (κ2) is 12.8. The summed E-state index contributed by atoms with van der Waals surface area (Å²) in [6, 6.07) is 13.1. The Balaban J connectivity index is 0.00000320. The van der Waals surface area contributed by atoms with E-state index in [4.69, 9.17) is 4.42 Å². The fraction of sp³-hybridized carbons (Fsp3) is 0.458. The molecule has 0 radical (unpaired) electrons. The van der Waals surface area contributed by atoms with E-state index in [9.17, 15) is 0 Å². The third-order valence-electron chi connectivity index (χ3n) is 5.33. The number of nitrogens with zero attached hydrogens (tertiary/aromatic N) is 2. The van der Waals surface area contributed by atoms with Gasteiger partial charge < -0.3 is 15.1 Å². The number of halogens is 1. The molecule has 1 saturated heterocycles. The van der Waals surface area contributed by atoms with Crippen LogP contribution in [0, 0.1) is 6.92 Å². The van der Waals surface area contributed by atoms with Crippen LogP contribution < -0.4 is 10.6 Å². The zero-order valence-corrected chi connectivity index (χ0v) is 20.5. The molecule has 0 aliphatic carbocycles. The Morgan fingerprint density at radius 2 is 1.97 bits per heavy atom. The normalized spacial score (nSPS) is 15.5. The molecule has 0 bridgehead atoms. The summed E-state index contributed by atoms with van der Waals surface area (Å²) in [5.41, 5.74) is 3.87. The lowest BCUT2D eigenvalue weighted by molar-refractivity contribution is 0.198. The number of nitrogens with one attached hydrogen (secondary N) is 2. The van der Waals surface area contributed by atoms with Crippen molar-refractivity contribution in [3.8, 4) is 0 Å². The molecule has 0 amide bonds. The standard InChI is InChI=1S/C24H34N4O.HI/c1-19(2)17-26-24(25-13-10-23-9-6-16-29-23)27-22-11-14-28(15-12-22)18-21-8-5-4-7-20(21)3;/h4-9,16,22H,1,10-15,17-18H2,2-3H3,(H2,25,26,27);1H. The number of aliphatic imine (C=N–C) groups is 1. The molecule has 1 aromatic carbocycles. The number of furan rings is 1. The molecule has 5 nitrogen and oxygen atoms in total. The van der Waals surface area contributed by atoms with Crippen molar-refractivity contribution in [2.24, 2.45) is 4.99 Å². The zero-order chi connectivity index (χ0) is 20.5. The van der Waals surface area contributed by atoms with Gasteiger partial charge in [-0.1, -0.05) is 36.4 Å². The Morgan fingerprint density at radius 3 is 2.63 bits per heavy atom. The number of rotatable bonds is 8. The highest BCUT2D eigenvalue weighted by molar-refractivity contribution is 14.0. The van der Waals surface area contributed by atoms with Crippen LogP contribution >= 0.6 is 24.0 Å². The molecule has 30 heavy (non-hydrogen) atoms. The number of benzene rings is 1. The number of hydrogen-bond acceptors (Lipinski definition) is 3. The molecule has 3 rings (SSSR count). The lowest BCUT2D eigenvalue weighted by Gasteiger charge is -2.33. The van der Waals surface area contributed by atoms with Gasteiger partial charge in [0.05, 0.1) is 12.8 Å². The third kappa shape index (κ3) is 8.14. The van der Waals surface area contributed by atoms with Crippen molar-refractivity contribution >= 4 is 29.9 Å². The summed E-state index contributed by atoms with van der Waals surface area (Å²) >= 11 is 0. The van der Waals surface area contributed by atoms with Gasteiger partial charge in [0.2, 0.25) is 0 Å². The maximum Gasteiger partial charge on any atom is 0.191 e. The summed E-state index contributed by atoms with van der Waals surface area (Å²) in [6.07, 6.45) is 4.81. The maximum absolute atomic E-state index is 5.41. The van der Waals surface area contributed by atoms with Crippen LogP contribution in [0.5, 0.6) is 0 Å². The number of piperidine rings is 1. The van der Waals surface area contributed by atoms with Gasteiger partial charge in [-0.05, 0) is 49.9 Å². The van der Waals surface area contributed by atoms with Crippen LogP contribution in [-0.4, -0.2) is 43.1 Å². The Kier molecular flexibility index (Phi) is 10.4. The van der Waals surface area contributed by atoms with E-state index in [-0.39, 0.29) is 24.0 Å². The number of hydrogen-bond donors (Lipinski definition) is 2. The van der Waals surface area contributed by atoms with Crippen molar-refractivity contribution in [2.75, 3.05) is 26.2 Å². The molecule has 1 aromatic heterocycles. The van der Waals surface area contributed by atoms with Gasteiger partial charge in [-0.15, -0.1) is 24.0 Å². The van der Waals surface area contributed by atoms with Crippen molar-refractivity contribution < 1.29 is 4.42 Å². The Hall–Kier alpha value is -1.80. The molecular formula is C24H35IN4O. The Morgan fingerprint density at radius 1 is 1.20 bits per heavy atom. The first-order valence-corrected chi connectivity index (χ1v) is 10.6. The summed E-state index contributed by atoms with van der Waals surface area (Å²) in [6.45, 7) is 12.9. The molecule has 6 heteroatoms. The smallest absolute Gasteiger partial charge is 0.191 e. The first-order chi connectivity index (χ1) is 14.1. The molecule has 1 aliphatic rings. The van der Waals surface area contributed by atoms with E-state index in [1.165, 1.54) is 11.1 Å². The van der Waals surface area contributed by atoms with E-state index in [1.54, 1.807) is 6.26 Å². The van der Waals surface area contributed by atoms with Crippen molar-refractivity contribution in [3.05, 3.63) is 71.7 Å². The molecule has 0 atom stereocenters. The molecule has 1 fully saturated rings. The summed E-state index contributed by atoms with van der Waals surface area (Å²) < 4.78 is 5.41. The predicted octanol–water partition coefficient (Wildman–Crippen LogP) is 4.52. The monoisotopic (exact) mass is 522 g/mol. The van der Waals surface area contributed by atoms with Crippen LogP contribution in [0.15, 0.2) is 64.2 Å². The van der Waals surface area contributed by atoms with Crippen LogP contribution in [0.2, 0.25) is 0 Å². The highest BCUT2D eigenvalue weighted by atomic mass is 127. The largest absolute Gasteiger partial charge is 0.469 e. The van der Waals surface area contributed by atoms with Crippen molar-refractivity contribution in [2.45, 2.75) is 45.7 Å².